The molecule has 9 heteroatoms. The van der Waals surface area contributed by atoms with Crippen molar-refractivity contribution in [2.75, 3.05) is 13.1 Å². The molecule has 0 aliphatic carbocycles. The van der Waals surface area contributed by atoms with Crippen LogP contribution in [0, 0.1) is 0 Å². The molecule has 0 bridgehead atoms. The van der Waals surface area contributed by atoms with Gasteiger partial charge in [0.25, 0.3) is 5.89 Å². The second-order valence-electron chi connectivity index (χ2n) is 6.81. The van der Waals surface area contributed by atoms with Crippen LogP contribution < -0.4 is 0 Å². The van der Waals surface area contributed by atoms with Gasteiger partial charge in [0, 0.05) is 24.5 Å². The van der Waals surface area contributed by atoms with Crippen LogP contribution in [0.5, 0.6) is 0 Å². The van der Waals surface area contributed by atoms with Gasteiger partial charge in [-0.3, -0.25) is 4.98 Å². The lowest BCUT2D eigenvalue weighted by molar-refractivity contribution is 0.0469. The zero-order valence-electron chi connectivity index (χ0n) is 15.0. The van der Waals surface area contributed by atoms with Crippen LogP contribution in [0.15, 0.2) is 59.4 Å². The van der Waals surface area contributed by atoms with E-state index in [0.717, 1.165) is 0 Å². The molecule has 2 aromatic heterocycles. The van der Waals surface area contributed by atoms with Gasteiger partial charge in [0.15, 0.2) is 0 Å². The number of rotatable bonds is 5. The van der Waals surface area contributed by atoms with Crippen molar-refractivity contribution in [2.24, 2.45) is 0 Å². The van der Waals surface area contributed by atoms with Crippen LogP contribution in [0.1, 0.15) is 24.3 Å². The molecular formula is C19H19FN4O3S. The maximum Gasteiger partial charge on any atom is 0.266 e. The highest BCUT2D eigenvalue weighted by molar-refractivity contribution is 7.88. The van der Waals surface area contributed by atoms with Crippen molar-refractivity contribution in [1.82, 2.24) is 19.4 Å². The third kappa shape index (κ3) is 3.81. The van der Waals surface area contributed by atoms with E-state index in [-0.39, 0.29) is 37.0 Å². The molecule has 3 aromatic rings. The molecule has 146 valence electrons. The largest absolute Gasteiger partial charge is 0.335 e. The molecular weight excluding hydrogens is 383 g/mol. The summed E-state index contributed by atoms with van der Waals surface area (Å²) in [5.41, 5.74) is -0.755. The van der Waals surface area contributed by atoms with E-state index >= 15 is 4.39 Å². The van der Waals surface area contributed by atoms with Crippen molar-refractivity contribution in [1.29, 1.82) is 0 Å². The normalized spacial score (nSPS) is 20.9. The summed E-state index contributed by atoms with van der Waals surface area (Å²) in [5, 5.41) is 3.83. The molecule has 1 aromatic carbocycles. The van der Waals surface area contributed by atoms with E-state index in [1.807, 2.05) is 6.07 Å². The Bertz CT molecular complexity index is 1040. The Labute approximate surface area is 162 Å². The van der Waals surface area contributed by atoms with Gasteiger partial charge in [0.2, 0.25) is 21.5 Å². The average Bonchev–Trinajstić information content (AvgIpc) is 3.20. The molecule has 7 nitrogen and oxygen atoms in total. The van der Waals surface area contributed by atoms with Gasteiger partial charge in [0.05, 0.1) is 12.3 Å². The second kappa shape index (κ2) is 7.40. The standard InChI is InChI=1S/C19H19FN4O3S/c20-19(18-22-17(23-27-18)16-8-4-10-21-12-16)9-5-11-24(14-19)28(25,26)13-15-6-2-1-3-7-15/h1-4,6-8,10,12H,5,9,11,13-14H2. The Balaban J connectivity index is 1.55. The number of aromatic nitrogens is 3. The Hall–Kier alpha value is -2.65. The van der Waals surface area contributed by atoms with E-state index in [1.165, 1.54) is 4.31 Å². The molecule has 0 spiro atoms. The molecule has 1 aliphatic heterocycles. The van der Waals surface area contributed by atoms with Gasteiger partial charge in [-0.25, -0.2) is 12.8 Å². The molecule has 1 saturated heterocycles. The van der Waals surface area contributed by atoms with E-state index in [1.54, 1.807) is 48.8 Å². The molecule has 4 rings (SSSR count). The minimum Gasteiger partial charge on any atom is -0.335 e. The molecule has 0 amide bonds. The molecule has 0 saturated carbocycles. The minimum atomic E-state index is -3.67. The van der Waals surface area contributed by atoms with Crippen molar-refractivity contribution in [2.45, 2.75) is 24.3 Å². The zero-order chi connectivity index (χ0) is 19.6. The summed E-state index contributed by atoms with van der Waals surface area (Å²) in [6.07, 6.45) is 3.66. The maximum absolute atomic E-state index is 15.6. The molecule has 1 unspecified atom stereocenters. The van der Waals surface area contributed by atoms with Crippen LogP contribution in [0.4, 0.5) is 4.39 Å². The zero-order valence-corrected chi connectivity index (χ0v) is 15.8. The van der Waals surface area contributed by atoms with Gasteiger partial charge in [-0.05, 0) is 30.5 Å². The Morgan fingerprint density at radius 1 is 1.18 bits per heavy atom. The fraction of sp³-hybridized carbons (Fsp3) is 0.316. The summed E-state index contributed by atoms with van der Waals surface area (Å²) < 4.78 is 47.5. The molecule has 0 N–H and O–H groups in total. The smallest absolute Gasteiger partial charge is 0.266 e. The number of benzene rings is 1. The lowest BCUT2D eigenvalue weighted by Gasteiger charge is -2.34. The monoisotopic (exact) mass is 402 g/mol. The molecule has 1 atom stereocenters. The van der Waals surface area contributed by atoms with Crippen LogP contribution >= 0.6 is 0 Å². The SMILES string of the molecule is O=S(=O)(Cc1ccccc1)N1CCCC(F)(c2nc(-c3cccnc3)no2)C1. The van der Waals surface area contributed by atoms with Gasteiger partial charge >= 0.3 is 0 Å². The van der Waals surface area contributed by atoms with Crippen LogP contribution in [0.25, 0.3) is 11.4 Å². The topological polar surface area (TPSA) is 89.2 Å². The van der Waals surface area contributed by atoms with E-state index in [9.17, 15) is 8.42 Å². The van der Waals surface area contributed by atoms with Gasteiger partial charge in [-0.2, -0.15) is 9.29 Å². The van der Waals surface area contributed by atoms with Crippen molar-refractivity contribution >= 4 is 10.0 Å². The van der Waals surface area contributed by atoms with E-state index in [0.29, 0.717) is 17.5 Å². The van der Waals surface area contributed by atoms with E-state index < -0.39 is 15.7 Å². The first-order valence-electron chi connectivity index (χ1n) is 8.92. The van der Waals surface area contributed by atoms with E-state index in [4.69, 9.17) is 4.52 Å². The number of halogens is 1. The molecule has 28 heavy (non-hydrogen) atoms. The molecule has 1 fully saturated rings. The Morgan fingerprint density at radius 2 is 2.00 bits per heavy atom. The van der Waals surface area contributed by atoms with Crippen molar-refractivity contribution < 1.29 is 17.3 Å². The number of pyridine rings is 1. The fourth-order valence-electron chi connectivity index (χ4n) is 3.28. The maximum atomic E-state index is 15.6. The van der Waals surface area contributed by atoms with E-state index in [2.05, 4.69) is 15.1 Å². The quantitative estimate of drug-likeness (QED) is 0.652. The molecule has 3 heterocycles. The first-order valence-corrected chi connectivity index (χ1v) is 10.5. The Morgan fingerprint density at radius 3 is 2.75 bits per heavy atom. The number of hydrogen-bond donors (Lipinski definition) is 0. The number of nitrogens with zero attached hydrogens (tertiary/aromatic N) is 4. The predicted octanol–water partition coefficient (Wildman–Crippen LogP) is 2.92. The van der Waals surface area contributed by atoms with Crippen LogP contribution in [-0.4, -0.2) is 40.9 Å². The Kier molecular flexibility index (Phi) is 4.94. The molecule has 1 aliphatic rings. The van der Waals surface area contributed by atoms with Crippen molar-refractivity contribution in [3.63, 3.8) is 0 Å². The van der Waals surface area contributed by atoms with Crippen molar-refractivity contribution in [3.05, 3.63) is 66.3 Å². The number of piperidine rings is 1. The summed E-state index contributed by atoms with van der Waals surface area (Å²) in [4.78, 5) is 8.14. The molecule has 0 radical (unpaired) electrons. The van der Waals surface area contributed by atoms with Crippen LogP contribution in [0.2, 0.25) is 0 Å². The predicted molar refractivity (Wildman–Crippen MR) is 100 cm³/mol. The average molecular weight is 402 g/mol. The summed E-state index contributed by atoms with van der Waals surface area (Å²) >= 11 is 0. The lowest BCUT2D eigenvalue weighted by atomic mass is 9.96. The number of sulfonamides is 1. The number of alkyl halides is 1. The highest BCUT2D eigenvalue weighted by Crippen LogP contribution is 2.36. The summed E-state index contributed by atoms with van der Waals surface area (Å²) in [6, 6.07) is 12.3. The van der Waals surface area contributed by atoms with Gasteiger partial charge < -0.3 is 4.52 Å². The summed E-state index contributed by atoms with van der Waals surface area (Å²) in [7, 11) is -3.67. The highest BCUT2D eigenvalue weighted by Gasteiger charge is 2.45. The van der Waals surface area contributed by atoms with Gasteiger partial charge in [-0.15, -0.1) is 0 Å². The third-order valence-corrected chi connectivity index (χ3v) is 6.52. The number of hydrogen-bond acceptors (Lipinski definition) is 6. The summed E-state index contributed by atoms with van der Waals surface area (Å²) in [5.74, 6) is -0.148. The van der Waals surface area contributed by atoms with Gasteiger partial charge in [-0.1, -0.05) is 35.5 Å². The third-order valence-electron chi connectivity index (χ3n) is 4.72. The van der Waals surface area contributed by atoms with Crippen LogP contribution in [0.3, 0.4) is 0 Å². The van der Waals surface area contributed by atoms with Crippen molar-refractivity contribution in [3.8, 4) is 11.4 Å². The highest BCUT2D eigenvalue weighted by atomic mass is 32.2. The first-order chi connectivity index (χ1) is 13.5. The van der Waals surface area contributed by atoms with Gasteiger partial charge in [0.1, 0.15) is 0 Å². The first kappa shape index (κ1) is 18.7. The second-order valence-corrected chi connectivity index (χ2v) is 8.78. The fourth-order valence-corrected chi connectivity index (χ4v) is 4.88. The minimum absolute atomic E-state index is 0.124. The lowest BCUT2D eigenvalue weighted by Crippen LogP contribution is -2.46. The summed E-state index contributed by atoms with van der Waals surface area (Å²) in [6.45, 7) is -0.0682. The van der Waals surface area contributed by atoms with Crippen LogP contribution in [-0.2, 0) is 21.4 Å².